The van der Waals surface area contributed by atoms with Gasteiger partial charge in [-0.3, -0.25) is 8.63 Å². The summed E-state index contributed by atoms with van der Waals surface area (Å²) in [7, 11) is -2.86. The zero-order chi connectivity index (χ0) is 10.1. The van der Waals surface area contributed by atoms with Crippen LogP contribution in [0.2, 0.25) is 0 Å². The van der Waals surface area contributed by atoms with Crippen LogP contribution in [0.4, 0.5) is 21.6 Å². The van der Waals surface area contributed by atoms with E-state index in [2.05, 4.69) is 0 Å². The molecule has 0 aromatic heterocycles. The number of hydrogen-bond acceptors (Lipinski definition) is 0. The molecule has 1 aromatic carbocycles. The van der Waals surface area contributed by atoms with E-state index < -0.39 is 25.2 Å². The molecule has 0 bridgehead atoms. The highest BCUT2D eigenvalue weighted by molar-refractivity contribution is 6.74. The smallest absolute Gasteiger partial charge is 0.445 e. The molecule has 0 aliphatic rings. The van der Waals surface area contributed by atoms with E-state index in [0.717, 1.165) is 18.2 Å². The minimum absolute atomic E-state index is 0.477. The summed E-state index contributed by atoms with van der Waals surface area (Å²) in [6.45, 7) is -5.19. The SMILES string of the molecule is FB(F)c1cccc([B-](F)(F)F)c1. The largest absolute Gasteiger partial charge is 0.571 e. The third-order valence-corrected chi connectivity index (χ3v) is 1.54. The van der Waals surface area contributed by atoms with E-state index >= 15 is 0 Å². The minimum Gasteiger partial charge on any atom is -0.445 e. The van der Waals surface area contributed by atoms with Crippen molar-refractivity contribution in [1.82, 2.24) is 0 Å². The predicted octanol–water partition coefficient (Wildman–Crippen LogP) is 1.38. The van der Waals surface area contributed by atoms with E-state index in [1.807, 2.05) is 0 Å². The lowest BCUT2D eigenvalue weighted by Gasteiger charge is -2.14. The first kappa shape index (κ1) is 10.1. The monoisotopic (exact) mass is 193 g/mol. The van der Waals surface area contributed by atoms with Crippen molar-refractivity contribution < 1.29 is 21.6 Å². The van der Waals surface area contributed by atoms with Gasteiger partial charge in [0.05, 0.1) is 0 Å². The first-order valence-corrected chi connectivity index (χ1v) is 3.49. The first-order chi connectivity index (χ1) is 5.91. The van der Waals surface area contributed by atoms with Crippen molar-refractivity contribution in [2.24, 2.45) is 0 Å². The van der Waals surface area contributed by atoms with E-state index in [9.17, 15) is 21.6 Å². The minimum atomic E-state index is -5.19. The summed E-state index contributed by atoms with van der Waals surface area (Å²) in [6.07, 6.45) is 0. The fraction of sp³-hybridized carbons (Fsp3) is 0. The van der Waals surface area contributed by atoms with Gasteiger partial charge in [0, 0.05) is 0 Å². The second kappa shape index (κ2) is 3.39. The first-order valence-electron chi connectivity index (χ1n) is 3.49. The fourth-order valence-electron chi connectivity index (χ4n) is 0.898. The molecule has 0 fully saturated rings. The van der Waals surface area contributed by atoms with Crippen LogP contribution in [0.3, 0.4) is 0 Å². The van der Waals surface area contributed by atoms with Crippen LogP contribution in [-0.4, -0.2) is 14.2 Å². The lowest BCUT2D eigenvalue weighted by molar-refractivity contribution is 0.501. The Morgan fingerprint density at radius 3 is 2.15 bits per heavy atom. The molecule has 0 nitrogen and oxygen atoms in total. The average molecular weight is 193 g/mol. The third kappa shape index (κ3) is 2.47. The van der Waals surface area contributed by atoms with Crippen LogP contribution in [0.1, 0.15) is 0 Å². The van der Waals surface area contributed by atoms with Crippen molar-refractivity contribution in [1.29, 1.82) is 0 Å². The van der Waals surface area contributed by atoms with Gasteiger partial charge in [-0.05, 0) is 5.46 Å². The molecule has 0 amide bonds. The normalized spacial score (nSPS) is 11.5. The van der Waals surface area contributed by atoms with Gasteiger partial charge < -0.3 is 12.9 Å². The van der Waals surface area contributed by atoms with Gasteiger partial charge in [0.25, 0.3) is 0 Å². The number of benzene rings is 1. The zero-order valence-electron chi connectivity index (χ0n) is 6.35. The molecular weight excluding hydrogens is 189 g/mol. The van der Waals surface area contributed by atoms with Crippen molar-refractivity contribution in [3.63, 3.8) is 0 Å². The van der Waals surface area contributed by atoms with Crippen LogP contribution in [0, 0.1) is 0 Å². The maximum atomic E-state index is 12.0. The van der Waals surface area contributed by atoms with Gasteiger partial charge in [0.2, 0.25) is 0 Å². The van der Waals surface area contributed by atoms with Crippen molar-refractivity contribution in [3.05, 3.63) is 24.3 Å². The predicted molar refractivity (Wildman–Crippen MR) is 42.8 cm³/mol. The molecule has 70 valence electrons. The molecule has 13 heavy (non-hydrogen) atoms. The summed E-state index contributed by atoms with van der Waals surface area (Å²) in [5.74, 6) is 0. The number of hydrogen-bond donors (Lipinski definition) is 0. The molecular formula is C6H4B2F5-. The lowest BCUT2D eigenvalue weighted by Crippen LogP contribution is -2.37. The van der Waals surface area contributed by atoms with Crippen LogP contribution in [0.15, 0.2) is 24.3 Å². The highest BCUT2D eigenvalue weighted by atomic mass is 19.4. The molecule has 0 aliphatic carbocycles. The van der Waals surface area contributed by atoms with Crippen LogP contribution in [-0.2, 0) is 0 Å². The molecule has 0 atom stereocenters. The van der Waals surface area contributed by atoms with Crippen molar-refractivity contribution in [3.8, 4) is 0 Å². The summed E-state index contributed by atoms with van der Waals surface area (Å²) in [5, 5.41) is 0. The van der Waals surface area contributed by atoms with Crippen molar-refractivity contribution in [2.45, 2.75) is 0 Å². The number of halogens is 5. The third-order valence-electron chi connectivity index (χ3n) is 1.54. The summed E-state index contributed by atoms with van der Waals surface area (Å²) < 4.78 is 60.1. The van der Waals surface area contributed by atoms with Crippen LogP contribution < -0.4 is 10.9 Å². The quantitative estimate of drug-likeness (QED) is 0.491. The van der Waals surface area contributed by atoms with Gasteiger partial charge in [-0.1, -0.05) is 24.3 Å². The molecule has 0 aliphatic heterocycles. The van der Waals surface area contributed by atoms with Crippen LogP contribution in [0.25, 0.3) is 0 Å². The molecule has 0 saturated carbocycles. The average Bonchev–Trinajstić information content (AvgIpc) is 2.03. The Morgan fingerprint density at radius 2 is 1.69 bits per heavy atom. The fourth-order valence-corrected chi connectivity index (χ4v) is 0.898. The maximum absolute atomic E-state index is 12.0. The molecule has 7 heteroatoms. The Labute approximate surface area is 72.0 Å². The van der Waals surface area contributed by atoms with E-state index in [0.29, 0.717) is 6.07 Å². The highest BCUT2D eigenvalue weighted by Gasteiger charge is 2.27. The molecule has 0 spiro atoms. The second-order valence-electron chi connectivity index (χ2n) is 2.55. The molecule has 0 unspecified atom stereocenters. The standard InChI is InChI=1S/C6H4B2F5/c9-7(10)5-2-1-3-6(4-5)8(11,12)13/h1-4H/q-1. The summed E-state index contributed by atoms with van der Waals surface area (Å²) in [5.41, 5.74) is -1.59. The van der Waals surface area contributed by atoms with Gasteiger partial charge in [-0.2, -0.15) is 0 Å². The molecule has 1 aromatic rings. The van der Waals surface area contributed by atoms with E-state index in [1.165, 1.54) is 0 Å². The molecule has 1 rings (SSSR count). The molecule has 0 radical (unpaired) electrons. The van der Waals surface area contributed by atoms with E-state index in [1.54, 1.807) is 0 Å². The van der Waals surface area contributed by atoms with Gasteiger partial charge in [0.1, 0.15) is 0 Å². The Kier molecular flexibility index (Phi) is 2.63. The summed E-state index contributed by atoms with van der Waals surface area (Å²) in [4.78, 5) is 0. The Balaban J connectivity index is 3.06. The van der Waals surface area contributed by atoms with Gasteiger partial charge in [0.15, 0.2) is 0 Å². The van der Waals surface area contributed by atoms with Crippen LogP contribution >= 0.6 is 0 Å². The summed E-state index contributed by atoms with van der Waals surface area (Å²) >= 11 is 0. The Morgan fingerprint density at radius 1 is 1.08 bits per heavy atom. The van der Waals surface area contributed by atoms with Gasteiger partial charge >= 0.3 is 14.2 Å². The van der Waals surface area contributed by atoms with Crippen molar-refractivity contribution >= 4 is 25.2 Å². The Hall–Kier alpha value is -1.00. The lowest BCUT2D eigenvalue weighted by atomic mass is 9.75. The molecule has 0 heterocycles. The topological polar surface area (TPSA) is 0 Å². The zero-order valence-corrected chi connectivity index (χ0v) is 6.35. The summed E-state index contributed by atoms with van der Waals surface area (Å²) in [6, 6.07) is 3.21. The number of rotatable bonds is 2. The molecule has 0 N–H and O–H groups in total. The molecule has 0 saturated heterocycles. The van der Waals surface area contributed by atoms with E-state index in [-0.39, 0.29) is 0 Å². The van der Waals surface area contributed by atoms with Gasteiger partial charge in [-0.25, -0.2) is 0 Å². The Bertz CT molecular complexity index is 295. The highest BCUT2D eigenvalue weighted by Crippen LogP contribution is 2.07. The maximum Gasteiger partial charge on any atom is 0.571 e. The second-order valence-corrected chi connectivity index (χ2v) is 2.55. The van der Waals surface area contributed by atoms with E-state index in [4.69, 9.17) is 0 Å². The van der Waals surface area contributed by atoms with Crippen LogP contribution in [0.5, 0.6) is 0 Å². The van der Waals surface area contributed by atoms with Crippen molar-refractivity contribution in [2.75, 3.05) is 0 Å². The van der Waals surface area contributed by atoms with Gasteiger partial charge in [-0.15, -0.1) is 5.46 Å².